The normalized spacial score (nSPS) is 10.6. The molecule has 10 heteroatoms. The third kappa shape index (κ3) is 4.34. The number of amides is 1. The van der Waals surface area contributed by atoms with Gasteiger partial charge in [0.1, 0.15) is 24.5 Å². The van der Waals surface area contributed by atoms with Crippen LogP contribution in [0.25, 0.3) is 16.6 Å². The molecular weight excluding hydrogens is 444 g/mol. The van der Waals surface area contributed by atoms with E-state index in [9.17, 15) is 10.1 Å². The molecule has 2 aromatic carbocycles. The van der Waals surface area contributed by atoms with Crippen molar-refractivity contribution >= 4 is 39.5 Å². The Hall–Kier alpha value is -5.30. The summed E-state index contributed by atoms with van der Waals surface area (Å²) in [5.41, 5.74) is 4.43. The first-order valence-electron chi connectivity index (χ1n) is 10.5. The highest BCUT2D eigenvalue weighted by atomic mass is 16.5. The molecule has 2 N–H and O–H groups in total. The summed E-state index contributed by atoms with van der Waals surface area (Å²) in [5.74, 6) is 0.698. The number of anilines is 3. The minimum atomic E-state index is -0.327. The fourth-order valence-electron chi connectivity index (χ4n) is 3.55. The lowest BCUT2D eigenvalue weighted by Crippen LogP contribution is -2.07. The fourth-order valence-corrected chi connectivity index (χ4v) is 3.55. The lowest BCUT2D eigenvalue weighted by atomic mass is 10.1. The Labute approximate surface area is 199 Å². The number of carbonyl (C=O) groups excluding carboxylic acids is 1. The zero-order valence-corrected chi connectivity index (χ0v) is 18.6. The van der Waals surface area contributed by atoms with Crippen LogP contribution >= 0.6 is 0 Å². The Morgan fingerprint density at radius 3 is 2.80 bits per heavy atom. The van der Waals surface area contributed by atoms with Crippen molar-refractivity contribution in [1.29, 1.82) is 5.26 Å². The molecular formula is C25H18N8O2. The second-order valence-corrected chi connectivity index (χ2v) is 7.61. The molecule has 0 atom stereocenters. The number of ether oxygens (including phenoxy) is 1. The number of nitrogens with zero attached hydrogens (tertiary/aromatic N) is 6. The standard InChI is InChI=1S/C25H18N8O2/c1-3-23(34)30-18-4-6-20-19(9-18)25(16(11-26)12-27-20)31-17-5-7-21(15(2)8-17)35-24-10-22-32-29-14-33(22)13-28-24/h3-10,12-14H,1H2,2H3,(H,27,31)(H,30,34). The van der Waals surface area contributed by atoms with Crippen LogP contribution in [0.5, 0.6) is 11.6 Å². The van der Waals surface area contributed by atoms with Gasteiger partial charge in [-0.15, -0.1) is 10.2 Å². The highest BCUT2D eigenvalue weighted by Gasteiger charge is 2.12. The number of nitriles is 1. The SMILES string of the molecule is C=CC(=O)Nc1ccc2ncc(C#N)c(Nc3ccc(Oc4cc5nncn5cn4)c(C)c3)c2c1. The number of aryl methyl sites for hydroxylation is 1. The van der Waals surface area contributed by atoms with Crippen molar-refractivity contribution < 1.29 is 9.53 Å². The molecule has 3 heterocycles. The van der Waals surface area contributed by atoms with E-state index in [1.165, 1.54) is 12.3 Å². The molecule has 0 bridgehead atoms. The van der Waals surface area contributed by atoms with Crippen LogP contribution in [0, 0.1) is 18.3 Å². The van der Waals surface area contributed by atoms with Gasteiger partial charge in [0.2, 0.25) is 11.8 Å². The monoisotopic (exact) mass is 462 g/mol. The van der Waals surface area contributed by atoms with Crippen molar-refractivity contribution in [2.75, 3.05) is 10.6 Å². The van der Waals surface area contributed by atoms with Crippen LogP contribution in [-0.4, -0.2) is 30.5 Å². The van der Waals surface area contributed by atoms with Gasteiger partial charge in [-0.25, -0.2) is 4.98 Å². The third-order valence-electron chi connectivity index (χ3n) is 5.26. The first-order valence-corrected chi connectivity index (χ1v) is 10.5. The number of hydrogen-bond donors (Lipinski definition) is 2. The van der Waals surface area contributed by atoms with E-state index in [1.807, 2.05) is 25.1 Å². The summed E-state index contributed by atoms with van der Waals surface area (Å²) < 4.78 is 7.63. The molecule has 0 aliphatic carbocycles. The highest BCUT2D eigenvalue weighted by molar-refractivity contribution is 6.02. The first kappa shape index (κ1) is 21.5. The van der Waals surface area contributed by atoms with Gasteiger partial charge in [0.15, 0.2) is 5.65 Å². The molecule has 0 saturated carbocycles. The van der Waals surface area contributed by atoms with Gasteiger partial charge in [-0.2, -0.15) is 5.26 Å². The van der Waals surface area contributed by atoms with Crippen LogP contribution < -0.4 is 15.4 Å². The number of carbonyl (C=O) groups is 1. The lowest BCUT2D eigenvalue weighted by molar-refractivity contribution is -0.111. The molecule has 0 aliphatic heterocycles. The molecule has 0 saturated heterocycles. The Kier molecular flexibility index (Phi) is 5.49. The summed E-state index contributed by atoms with van der Waals surface area (Å²) in [6.45, 7) is 5.38. The number of pyridine rings is 1. The van der Waals surface area contributed by atoms with Crippen molar-refractivity contribution in [2.24, 2.45) is 0 Å². The minimum absolute atomic E-state index is 0.327. The molecule has 170 valence electrons. The highest BCUT2D eigenvalue weighted by Crippen LogP contribution is 2.33. The second kappa shape index (κ2) is 8.92. The van der Waals surface area contributed by atoms with E-state index in [4.69, 9.17) is 4.74 Å². The summed E-state index contributed by atoms with van der Waals surface area (Å²) in [6, 6.07) is 14.7. The van der Waals surface area contributed by atoms with Crippen LogP contribution in [0.2, 0.25) is 0 Å². The Morgan fingerprint density at radius 2 is 2.00 bits per heavy atom. The molecule has 0 unspecified atom stereocenters. The Balaban J connectivity index is 1.46. The summed E-state index contributed by atoms with van der Waals surface area (Å²) in [7, 11) is 0. The summed E-state index contributed by atoms with van der Waals surface area (Å²) in [4.78, 5) is 20.4. The van der Waals surface area contributed by atoms with Crippen molar-refractivity contribution in [2.45, 2.75) is 6.92 Å². The number of hydrogen-bond acceptors (Lipinski definition) is 8. The molecule has 0 aliphatic rings. The molecule has 1 amide bonds. The van der Waals surface area contributed by atoms with E-state index in [1.54, 1.807) is 41.3 Å². The second-order valence-electron chi connectivity index (χ2n) is 7.61. The van der Waals surface area contributed by atoms with Crippen molar-refractivity contribution in [1.82, 2.24) is 24.6 Å². The average Bonchev–Trinajstić information content (AvgIpc) is 3.34. The summed E-state index contributed by atoms with van der Waals surface area (Å²) >= 11 is 0. The van der Waals surface area contributed by atoms with Crippen LogP contribution in [0.4, 0.5) is 17.1 Å². The van der Waals surface area contributed by atoms with Gasteiger partial charge >= 0.3 is 0 Å². The van der Waals surface area contributed by atoms with Crippen molar-refractivity contribution in [3.8, 4) is 17.7 Å². The van der Waals surface area contributed by atoms with E-state index in [0.29, 0.717) is 45.1 Å². The minimum Gasteiger partial charge on any atom is -0.439 e. The van der Waals surface area contributed by atoms with Gasteiger partial charge in [-0.3, -0.25) is 14.2 Å². The van der Waals surface area contributed by atoms with E-state index >= 15 is 0 Å². The van der Waals surface area contributed by atoms with Gasteiger partial charge in [0.25, 0.3) is 0 Å². The largest absolute Gasteiger partial charge is 0.439 e. The van der Waals surface area contributed by atoms with E-state index in [2.05, 4.69) is 43.4 Å². The summed E-state index contributed by atoms with van der Waals surface area (Å²) in [5, 5.41) is 24.3. The maximum absolute atomic E-state index is 11.7. The van der Waals surface area contributed by atoms with Gasteiger partial charge in [-0.1, -0.05) is 6.58 Å². The topological polar surface area (TPSA) is 130 Å². The molecule has 5 rings (SSSR count). The molecule has 10 nitrogen and oxygen atoms in total. The fraction of sp³-hybridized carbons (Fsp3) is 0.0400. The lowest BCUT2D eigenvalue weighted by Gasteiger charge is -2.14. The zero-order valence-electron chi connectivity index (χ0n) is 18.6. The van der Waals surface area contributed by atoms with Gasteiger partial charge in [-0.05, 0) is 55.0 Å². The Morgan fingerprint density at radius 1 is 1.14 bits per heavy atom. The smallest absolute Gasteiger partial charge is 0.247 e. The quantitative estimate of drug-likeness (QED) is 0.353. The summed E-state index contributed by atoms with van der Waals surface area (Å²) in [6.07, 6.45) is 5.86. The molecule has 5 aromatic rings. The number of benzene rings is 2. The number of aromatic nitrogens is 5. The van der Waals surface area contributed by atoms with Crippen molar-refractivity contribution in [3.05, 3.63) is 85.1 Å². The van der Waals surface area contributed by atoms with Gasteiger partial charge in [0.05, 0.1) is 16.8 Å². The zero-order chi connectivity index (χ0) is 24.4. The molecule has 35 heavy (non-hydrogen) atoms. The van der Waals surface area contributed by atoms with Crippen LogP contribution in [0.1, 0.15) is 11.1 Å². The number of nitrogens with one attached hydrogen (secondary N) is 2. The third-order valence-corrected chi connectivity index (χ3v) is 5.26. The van der Waals surface area contributed by atoms with Crippen LogP contribution in [0.3, 0.4) is 0 Å². The van der Waals surface area contributed by atoms with Gasteiger partial charge < -0.3 is 15.4 Å². The van der Waals surface area contributed by atoms with E-state index in [-0.39, 0.29) is 5.91 Å². The predicted molar refractivity (Wildman–Crippen MR) is 131 cm³/mol. The van der Waals surface area contributed by atoms with Crippen molar-refractivity contribution in [3.63, 3.8) is 0 Å². The average molecular weight is 462 g/mol. The van der Waals surface area contributed by atoms with Crippen LogP contribution in [0.15, 0.2) is 74.0 Å². The molecule has 3 aromatic heterocycles. The Bertz CT molecular complexity index is 1650. The van der Waals surface area contributed by atoms with E-state index in [0.717, 1.165) is 11.3 Å². The van der Waals surface area contributed by atoms with E-state index < -0.39 is 0 Å². The number of rotatable bonds is 6. The number of fused-ring (bicyclic) bond motifs is 2. The first-order chi connectivity index (χ1) is 17.0. The van der Waals surface area contributed by atoms with Gasteiger partial charge in [0, 0.05) is 29.0 Å². The maximum Gasteiger partial charge on any atom is 0.247 e. The maximum atomic E-state index is 11.7. The molecule has 0 spiro atoms. The molecule has 0 fully saturated rings. The molecule has 0 radical (unpaired) electrons. The van der Waals surface area contributed by atoms with Crippen LogP contribution in [-0.2, 0) is 4.79 Å². The predicted octanol–water partition coefficient (Wildman–Crippen LogP) is 4.51.